The molecule has 0 saturated heterocycles. The van der Waals surface area contributed by atoms with E-state index in [0.717, 1.165) is 44.9 Å². The lowest BCUT2D eigenvalue weighted by Gasteiger charge is -2.33. The number of hydrogen-bond acceptors (Lipinski definition) is 3. The summed E-state index contributed by atoms with van der Waals surface area (Å²) in [6.07, 6.45) is 14.1. The van der Waals surface area contributed by atoms with Crippen LogP contribution in [0.5, 0.6) is 5.75 Å². The van der Waals surface area contributed by atoms with E-state index in [1.54, 1.807) is 0 Å². The minimum Gasteiger partial charge on any atom is -0.492 e. The Kier molecular flexibility index (Phi) is 6.33. The van der Waals surface area contributed by atoms with Crippen molar-refractivity contribution >= 4 is 17.2 Å². The van der Waals surface area contributed by atoms with Crippen molar-refractivity contribution in [1.82, 2.24) is 5.32 Å². The van der Waals surface area contributed by atoms with Gasteiger partial charge in [-0.3, -0.25) is 4.79 Å². The first-order chi connectivity index (χ1) is 10.7. The molecule has 22 heavy (non-hydrogen) atoms. The molecule has 1 amide bonds. The topological polar surface area (TPSA) is 38.3 Å². The van der Waals surface area contributed by atoms with E-state index in [-0.39, 0.29) is 5.91 Å². The van der Waals surface area contributed by atoms with Gasteiger partial charge >= 0.3 is 0 Å². The van der Waals surface area contributed by atoms with E-state index in [1.807, 2.05) is 11.4 Å². The number of ether oxygens (including phenoxy) is 1. The fraction of sp³-hybridized carbons (Fsp3) is 0.611. The fourth-order valence-corrected chi connectivity index (χ4v) is 3.57. The molecule has 0 atom stereocenters. The lowest BCUT2D eigenvalue weighted by molar-refractivity contribution is 0.0904. The first-order valence-corrected chi connectivity index (χ1v) is 9.09. The van der Waals surface area contributed by atoms with E-state index in [9.17, 15) is 4.79 Å². The van der Waals surface area contributed by atoms with Crippen LogP contribution >= 0.6 is 11.3 Å². The van der Waals surface area contributed by atoms with Gasteiger partial charge in [-0.2, -0.15) is 0 Å². The van der Waals surface area contributed by atoms with Crippen molar-refractivity contribution in [2.45, 2.75) is 63.8 Å². The highest BCUT2D eigenvalue weighted by atomic mass is 32.1. The van der Waals surface area contributed by atoms with Gasteiger partial charge in [-0.25, -0.2) is 0 Å². The summed E-state index contributed by atoms with van der Waals surface area (Å²) >= 11 is 1.41. The minimum atomic E-state index is -0.473. The highest BCUT2D eigenvalue weighted by molar-refractivity contribution is 7.12. The van der Waals surface area contributed by atoms with Crippen molar-refractivity contribution in [2.24, 2.45) is 0 Å². The first kappa shape index (κ1) is 16.9. The van der Waals surface area contributed by atoms with Gasteiger partial charge in [0, 0.05) is 0 Å². The van der Waals surface area contributed by atoms with Crippen molar-refractivity contribution in [3.05, 3.63) is 16.3 Å². The number of nitrogens with one attached hydrogen (secondary N) is 1. The summed E-state index contributed by atoms with van der Waals surface area (Å²) in [5.74, 6) is 3.41. The van der Waals surface area contributed by atoms with Gasteiger partial charge in [-0.15, -0.1) is 17.8 Å². The second-order valence-electron chi connectivity index (χ2n) is 5.91. The molecule has 1 aromatic heterocycles. The van der Waals surface area contributed by atoms with E-state index in [0.29, 0.717) is 17.2 Å². The molecular weight excluding hydrogens is 294 g/mol. The van der Waals surface area contributed by atoms with Crippen LogP contribution in [0.1, 0.15) is 68.0 Å². The Morgan fingerprint density at radius 2 is 2.18 bits per heavy atom. The Bertz CT molecular complexity index is 523. The van der Waals surface area contributed by atoms with Crippen molar-refractivity contribution < 1.29 is 9.53 Å². The summed E-state index contributed by atoms with van der Waals surface area (Å²) in [4.78, 5) is 13.2. The molecule has 0 aliphatic heterocycles. The van der Waals surface area contributed by atoms with Gasteiger partial charge in [0.25, 0.3) is 5.91 Å². The number of carbonyl (C=O) groups is 1. The Labute approximate surface area is 137 Å². The average molecular weight is 319 g/mol. The first-order valence-electron chi connectivity index (χ1n) is 8.21. The molecule has 1 aromatic rings. The van der Waals surface area contributed by atoms with Crippen LogP contribution in [-0.2, 0) is 0 Å². The van der Waals surface area contributed by atoms with Gasteiger partial charge in [0.2, 0.25) is 0 Å². The van der Waals surface area contributed by atoms with Gasteiger partial charge in [0.15, 0.2) is 0 Å². The van der Waals surface area contributed by atoms with Crippen LogP contribution < -0.4 is 10.1 Å². The number of amides is 1. The normalized spacial score (nSPS) is 16.7. The Balaban J connectivity index is 1.97. The summed E-state index contributed by atoms with van der Waals surface area (Å²) in [6, 6.07) is 1.87. The predicted molar refractivity (Wildman–Crippen MR) is 91.5 cm³/mol. The molecule has 3 nitrogen and oxygen atoms in total. The van der Waals surface area contributed by atoms with E-state index >= 15 is 0 Å². The molecule has 1 N–H and O–H groups in total. The van der Waals surface area contributed by atoms with Crippen LogP contribution in [0.25, 0.3) is 0 Å². The summed E-state index contributed by atoms with van der Waals surface area (Å²) in [5.41, 5.74) is -0.473. The van der Waals surface area contributed by atoms with Gasteiger partial charge < -0.3 is 10.1 Å². The zero-order valence-corrected chi connectivity index (χ0v) is 14.1. The molecule has 1 heterocycles. The fourth-order valence-electron chi connectivity index (χ4n) is 2.85. The van der Waals surface area contributed by atoms with Gasteiger partial charge in [0.05, 0.1) is 6.61 Å². The summed E-state index contributed by atoms with van der Waals surface area (Å²) < 4.78 is 5.75. The summed E-state index contributed by atoms with van der Waals surface area (Å²) in [7, 11) is 0. The predicted octanol–water partition coefficient (Wildman–Crippen LogP) is 4.38. The van der Waals surface area contributed by atoms with E-state index in [1.165, 1.54) is 17.8 Å². The number of carbonyl (C=O) groups excluding carboxylic acids is 1. The maximum absolute atomic E-state index is 12.6. The van der Waals surface area contributed by atoms with Crippen LogP contribution in [0, 0.1) is 12.3 Å². The van der Waals surface area contributed by atoms with E-state index < -0.39 is 5.54 Å². The van der Waals surface area contributed by atoms with Crippen molar-refractivity contribution in [2.75, 3.05) is 6.61 Å². The minimum absolute atomic E-state index is 0.0969. The number of terminal acetylenes is 1. The lowest BCUT2D eigenvalue weighted by Crippen LogP contribution is -2.48. The molecule has 0 aromatic carbocycles. The summed E-state index contributed by atoms with van der Waals surface area (Å²) in [6.45, 7) is 2.82. The highest BCUT2D eigenvalue weighted by Gasteiger charge is 2.32. The van der Waals surface area contributed by atoms with Gasteiger partial charge in [-0.1, -0.05) is 44.9 Å². The largest absolute Gasteiger partial charge is 0.492 e. The van der Waals surface area contributed by atoms with Crippen LogP contribution in [-0.4, -0.2) is 18.1 Å². The Morgan fingerprint density at radius 3 is 2.86 bits per heavy atom. The number of unbranched alkanes of at least 4 members (excludes halogenated alkanes) is 2. The Hall–Kier alpha value is -1.47. The SMILES string of the molecule is C#CC1(NC(=O)c2sccc2OCCCCC)CCCCC1. The van der Waals surface area contributed by atoms with Crippen LogP contribution in [0.2, 0.25) is 0 Å². The smallest absolute Gasteiger partial charge is 0.266 e. The second-order valence-corrected chi connectivity index (χ2v) is 6.83. The van der Waals surface area contributed by atoms with E-state index in [2.05, 4.69) is 18.2 Å². The number of rotatable bonds is 7. The quantitative estimate of drug-likeness (QED) is 0.598. The lowest BCUT2D eigenvalue weighted by atomic mass is 9.82. The standard InChI is InChI=1S/C18H25NO2S/c1-3-5-9-13-21-15-10-14-22-16(15)17(20)19-18(4-2)11-7-6-8-12-18/h2,10,14H,3,5-9,11-13H2,1H3,(H,19,20). The molecule has 0 bridgehead atoms. The third-order valence-electron chi connectivity index (χ3n) is 4.18. The molecular formula is C18H25NO2S. The van der Waals surface area contributed by atoms with Crippen molar-refractivity contribution in [3.8, 4) is 18.1 Å². The summed E-state index contributed by atoms with van der Waals surface area (Å²) in [5, 5.41) is 4.98. The van der Waals surface area contributed by atoms with Crippen LogP contribution in [0.3, 0.4) is 0 Å². The number of hydrogen-bond donors (Lipinski definition) is 1. The number of thiophene rings is 1. The molecule has 0 spiro atoms. The molecule has 4 heteroatoms. The Morgan fingerprint density at radius 1 is 1.41 bits per heavy atom. The molecule has 0 radical (unpaired) electrons. The third kappa shape index (κ3) is 4.27. The van der Waals surface area contributed by atoms with E-state index in [4.69, 9.17) is 11.2 Å². The molecule has 1 fully saturated rings. The monoisotopic (exact) mass is 319 g/mol. The second kappa shape index (κ2) is 8.24. The molecule has 1 aliphatic carbocycles. The maximum atomic E-state index is 12.6. The third-order valence-corrected chi connectivity index (χ3v) is 5.07. The highest BCUT2D eigenvalue weighted by Crippen LogP contribution is 2.30. The molecule has 0 unspecified atom stereocenters. The molecule has 120 valence electrons. The zero-order valence-electron chi connectivity index (χ0n) is 13.3. The zero-order chi connectivity index (χ0) is 15.8. The van der Waals surface area contributed by atoms with Crippen molar-refractivity contribution in [3.63, 3.8) is 0 Å². The van der Waals surface area contributed by atoms with Crippen molar-refractivity contribution in [1.29, 1.82) is 0 Å². The maximum Gasteiger partial charge on any atom is 0.266 e. The van der Waals surface area contributed by atoms with Crippen LogP contribution in [0.15, 0.2) is 11.4 Å². The molecule has 1 saturated carbocycles. The average Bonchev–Trinajstić information content (AvgIpc) is 3.01. The molecule has 1 aliphatic rings. The molecule has 2 rings (SSSR count). The van der Waals surface area contributed by atoms with Gasteiger partial charge in [-0.05, 0) is 30.7 Å². The van der Waals surface area contributed by atoms with Crippen LogP contribution in [0.4, 0.5) is 0 Å². The van der Waals surface area contributed by atoms with Gasteiger partial charge in [0.1, 0.15) is 16.2 Å².